The summed E-state index contributed by atoms with van der Waals surface area (Å²) in [7, 11) is 0. The second-order valence-electron chi connectivity index (χ2n) is 5.13. The summed E-state index contributed by atoms with van der Waals surface area (Å²) in [6.07, 6.45) is 2.62. The van der Waals surface area contributed by atoms with E-state index >= 15 is 0 Å². The van der Waals surface area contributed by atoms with E-state index in [1.54, 1.807) is 0 Å². The molecule has 1 aliphatic carbocycles. The van der Waals surface area contributed by atoms with Crippen molar-refractivity contribution in [3.8, 4) is 11.3 Å². The van der Waals surface area contributed by atoms with Crippen LogP contribution in [0.25, 0.3) is 11.3 Å². The van der Waals surface area contributed by atoms with Crippen molar-refractivity contribution in [3.63, 3.8) is 0 Å². The van der Waals surface area contributed by atoms with Gasteiger partial charge in [0.1, 0.15) is 5.82 Å². The predicted molar refractivity (Wildman–Crippen MR) is 73.4 cm³/mol. The molecule has 0 amide bonds. The van der Waals surface area contributed by atoms with Gasteiger partial charge in [0.05, 0.1) is 12.2 Å². The molecule has 2 N–H and O–H groups in total. The van der Waals surface area contributed by atoms with E-state index in [-0.39, 0.29) is 0 Å². The predicted octanol–water partition coefficient (Wildman–Crippen LogP) is 2.95. The molecule has 0 unspecified atom stereocenters. The molecule has 0 aliphatic heterocycles. The fourth-order valence-electron chi connectivity index (χ4n) is 2.24. The third-order valence-electron chi connectivity index (χ3n) is 3.47. The normalized spacial score (nSPS) is 15.0. The Balaban J connectivity index is 1.85. The van der Waals surface area contributed by atoms with Crippen molar-refractivity contribution in [2.24, 2.45) is 0 Å². The lowest BCUT2D eigenvalue weighted by Gasteiger charge is -2.02. The maximum atomic E-state index is 4.72. The van der Waals surface area contributed by atoms with Crippen LogP contribution in [0.2, 0.25) is 0 Å². The molecule has 0 radical (unpaired) electrons. The molecular formula is C15H19N3. The van der Waals surface area contributed by atoms with Gasteiger partial charge in [0.2, 0.25) is 0 Å². The Morgan fingerprint density at radius 1 is 1.28 bits per heavy atom. The second kappa shape index (κ2) is 4.58. The fourth-order valence-corrected chi connectivity index (χ4v) is 2.24. The number of H-pyrrole nitrogens is 1. The number of imidazole rings is 1. The SMILES string of the molecule is Cc1ccccc1-c1nc(CNC2CC2)[nH]c1C. The molecule has 3 rings (SSSR count). The molecule has 2 aromatic rings. The third-order valence-corrected chi connectivity index (χ3v) is 3.47. The zero-order valence-corrected chi connectivity index (χ0v) is 11.0. The number of aryl methyl sites for hydroxylation is 2. The highest BCUT2D eigenvalue weighted by molar-refractivity contribution is 5.65. The zero-order valence-electron chi connectivity index (χ0n) is 11.0. The van der Waals surface area contributed by atoms with Crippen LogP contribution in [-0.2, 0) is 6.54 Å². The Kier molecular flexibility index (Phi) is 2.92. The van der Waals surface area contributed by atoms with Crippen molar-refractivity contribution >= 4 is 0 Å². The lowest BCUT2D eigenvalue weighted by Crippen LogP contribution is -2.16. The van der Waals surface area contributed by atoms with Crippen LogP contribution in [-0.4, -0.2) is 16.0 Å². The summed E-state index contributed by atoms with van der Waals surface area (Å²) in [4.78, 5) is 8.10. The Hall–Kier alpha value is -1.61. The van der Waals surface area contributed by atoms with Crippen molar-refractivity contribution in [2.75, 3.05) is 0 Å². The Labute approximate surface area is 108 Å². The van der Waals surface area contributed by atoms with Crippen LogP contribution in [0.3, 0.4) is 0 Å². The van der Waals surface area contributed by atoms with Gasteiger partial charge >= 0.3 is 0 Å². The summed E-state index contributed by atoms with van der Waals surface area (Å²) in [5.74, 6) is 1.04. The van der Waals surface area contributed by atoms with E-state index in [1.165, 1.54) is 24.0 Å². The maximum absolute atomic E-state index is 4.72. The van der Waals surface area contributed by atoms with Gasteiger partial charge in [0, 0.05) is 17.3 Å². The van der Waals surface area contributed by atoms with Gasteiger partial charge in [-0.3, -0.25) is 0 Å². The molecule has 94 valence electrons. The molecule has 1 aromatic carbocycles. The van der Waals surface area contributed by atoms with Gasteiger partial charge < -0.3 is 10.3 Å². The summed E-state index contributed by atoms with van der Waals surface area (Å²) in [6.45, 7) is 5.07. The quantitative estimate of drug-likeness (QED) is 0.864. The second-order valence-corrected chi connectivity index (χ2v) is 5.13. The number of aromatic nitrogens is 2. The van der Waals surface area contributed by atoms with Gasteiger partial charge in [-0.15, -0.1) is 0 Å². The summed E-state index contributed by atoms with van der Waals surface area (Å²) in [5, 5.41) is 3.49. The summed E-state index contributed by atoms with van der Waals surface area (Å²) in [6, 6.07) is 9.12. The van der Waals surface area contributed by atoms with Gasteiger partial charge in [-0.05, 0) is 32.3 Å². The van der Waals surface area contributed by atoms with Crippen LogP contribution in [0, 0.1) is 13.8 Å². The molecular weight excluding hydrogens is 222 g/mol. The van der Waals surface area contributed by atoms with Crippen molar-refractivity contribution in [3.05, 3.63) is 41.3 Å². The highest BCUT2D eigenvalue weighted by Gasteiger charge is 2.21. The summed E-state index contributed by atoms with van der Waals surface area (Å²) >= 11 is 0. The highest BCUT2D eigenvalue weighted by atomic mass is 15.0. The molecule has 1 heterocycles. The van der Waals surface area contributed by atoms with Gasteiger partial charge in [-0.25, -0.2) is 4.98 Å². The number of nitrogens with zero attached hydrogens (tertiary/aromatic N) is 1. The zero-order chi connectivity index (χ0) is 12.5. The molecule has 0 spiro atoms. The molecule has 18 heavy (non-hydrogen) atoms. The van der Waals surface area contributed by atoms with Gasteiger partial charge in [-0.1, -0.05) is 24.3 Å². The van der Waals surface area contributed by atoms with Crippen molar-refractivity contribution in [1.82, 2.24) is 15.3 Å². The van der Waals surface area contributed by atoms with E-state index in [0.29, 0.717) is 0 Å². The third kappa shape index (κ3) is 2.31. The van der Waals surface area contributed by atoms with Crippen LogP contribution in [0.1, 0.15) is 29.9 Å². The molecule has 3 heteroatoms. The summed E-state index contributed by atoms with van der Waals surface area (Å²) < 4.78 is 0. The van der Waals surface area contributed by atoms with Crippen LogP contribution in [0.4, 0.5) is 0 Å². The van der Waals surface area contributed by atoms with Gasteiger partial charge in [0.25, 0.3) is 0 Å². The van der Waals surface area contributed by atoms with Crippen LogP contribution in [0.15, 0.2) is 24.3 Å². The van der Waals surface area contributed by atoms with E-state index in [0.717, 1.165) is 29.8 Å². The average molecular weight is 241 g/mol. The number of hydrogen-bond acceptors (Lipinski definition) is 2. The van der Waals surface area contributed by atoms with Gasteiger partial charge in [-0.2, -0.15) is 0 Å². The van der Waals surface area contributed by atoms with Crippen molar-refractivity contribution < 1.29 is 0 Å². The molecule has 1 saturated carbocycles. The summed E-state index contributed by atoms with van der Waals surface area (Å²) in [5.41, 5.74) is 4.73. The van der Waals surface area contributed by atoms with E-state index < -0.39 is 0 Å². The number of benzene rings is 1. The number of aromatic amines is 1. The number of rotatable bonds is 4. The fraction of sp³-hybridized carbons (Fsp3) is 0.400. The van der Waals surface area contributed by atoms with E-state index in [9.17, 15) is 0 Å². The smallest absolute Gasteiger partial charge is 0.121 e. The van der Waals surface area contributed by atoms with Crippen LogP contribution in [0.5, 0.6) is 0 Å². The molecule has 1 fully saturated rings. The number of hydrogen-bond donors (Lipinski definition) is 2. The highest BCUT2D eigenvalue weighted by Crippen LogP contribution is 2.25. The topological polar surface area (TPSA) is 40.7 Å². The van der Waals surface area contributed by atoms with Crippen LogP contribution < -0.4 is 5.32 Å². The average Bonchev–Trinajstić information content (AvgIpc) is 3.11. The molecule has 0 atom stereocenters. The van der Waals surface area contributed by atoms with E-state index in [1.807, 2.05) is 0 Å². The van der Waals surface area contributed by atoms with Crippen LogP contribution >= 0.6 is 0 Å². The Bertz CT molecular complexity index is 553. The minimum Gasteiger partial charge on any atom is -0.344 e. The molecule has 3 nitrogen and oxygen atoms in total. The first-order valence-electron chi connectivity index (χ1n) is 6.59. The van der Waals surface area contributed by atoms with E-state index in [2.05, 4.69) is 48.4 Å². The number of nitrogens with one attached hydrogen (secondary N) is 2. The largest absolute Gasteiger partial charge is 0.344 e. The Morgan fingerprint density at radius 2 is 2.06 bits per heavy atom. The van der Waals surface area contributed by atoms with Crippen molar-refractivity contribution in [1.29, 1.82) is 0 Å². The minimum absolute atomic E-state index is 0.720. The Morgan fingerprint density at radius 3 is 2.78 bits per heavy atom. The molecule has 0 bridgehead atoms. The maximum Gasteiger partial charge on any atom is 0.121 e. The van der Waals surface area contributed by atoms with E-state index in [4.69, 9.17) is 4.98 Å². The minimum atomic E-state index is 0.720. The lowest BCUT2D eigenvalue weighted by atomic mass is 10.1. The van der Waals surface area contributed by atoms with Gasteiger partial charge in [0.15, 0.2) is 0 Å². The first-order valence-corrected chi connectivity index (χ1v) is 6.59. The first kappa shape index (κ1) is 11.5. The first-order chi connectivity index (χ1) is 8.74. The van der Waals surface area contributed by atoms with Crippen molar-refractivity contribution in [2.45, 2.75) is 39.3 Å². The molecule has 0 saturated heterocycles. The standard InChI is InChI=1S/C15H19N3/c1-10-5-3-4-6-13(10)15-11(2)17-14(18-15)9-16-12-7-8-12/h3-6,12,16H,7-9H2,1-2H3,(H,17,18). The lowest BCUT2D eigenvalue weighted by molar-refractivity contribution is 0.663. The molecule has 1 aromatic heterocycles. The monoisotopic (exact) mass is 241 g/mol. The molecule has 1 aliphatic rings.